The highest BCUT2D eigenvalue weighted by Crippen LogP contribution is 2.34. The molecule has 0 saturated carbocycles. The number of carbonyl (C=O) groups is 1. The van der Waals surface area contributed by atoms with E-state index < -0.39 is 0 Å². The first kappa shape index (κ1) is 17.2. The molecule has 0 amide bonds. The standard InChI is InChI=1S/C21H29NO2/c1-17(22-14-7-8-15-22)13-16-24-21(23)20(19-11-5-6-12-19)18-9-3-2-4-10-18/h2-5,9-11,17,19-20H,6-8,12-16H2,1H3. The second-order valence-electron chi connectivity index (χ2n) is 7.11. The molecule has 3 heteroatoms. The average molecular weight is 327 g/mol. The predicted molar refractivity (Wildman–Crippen MR) is 96.9 cm³/mol. The third-order valence-electron chi connectivity index (χ3n) is 5.43. The molecule has 3 rings (SSSR count). The van der Waals surface area contributed by atoms with Crippen molar-refractivity contribution in [1.29, 1.82) is 0 Å². The first-order valence-electron chi connectivity index (χ1n) is 9.38. The number of esters is 1. The normalized spacial score (nSPS) is 23.3. The molecule has 3 nitrogen and oxygen atoms in total. The maximum Gasteiger partial charge on any atom is 0.314 e. The Kier molecular flexibility index (Phi) is 6.08. The summed E-state index contributed by atoms with van der Waals surface area (Å²) in [6.45, 7) is 5.15. The Balaban J connectivity index is 1.56. The Morgan fingerprint density at radius 2 is 2.00 bits per heavy atom. The maximum absolute atomic E-state index is 12.8. The number of hydrogen-bond donors (Lipinski definition) is 0. The molecular formula is C21H29NO2. The molecule has 1 aliphatic carbocycles. The van der Waals surface area contributed by atoms with E-state index in [0.717, 1.165) is 24.8 Å². The largest absolute Gasteiger partial charge is 0.465 e. The van der Waals surface area contributed by atoms with Crippen molar-refractivity contribution in [3.05, 3.63) is 48.0 Å². The van der Waals surface area contributed by atoms with Crippen LogP contribution in [0.3, 0.4) is 0 Å². The second kappa shape index (κ2) is 8.48. The second-order valence-corrected chi connectivity index (χ2v) is 7.11. The molecule has 2 aliphatic rings. The van der Waals surface area contributed by atoms with Gasteiger partial charge in [0.25, 0.3) is 0 Å². The van der Waals surface area contributed by atoms with Crippen LogP contribution >= 0.6 is 0 Å². The van der Waals surface area contributed by atoms with Crippen LogP contribution in [0.25, 0.3) is 0 Å². The lowest BCUT2D eigenvalue weighted by Gasteiger charge is -2.25. The Hall–Kier alpha value is -1.61. The Bertz CT molecular complexity index is 548. The van der Waals surface area contributed by atoms with Crippen LogP contribution in [0.1, 0.15) is 50.5 Å². The van der Waals surface area contributed by atoms with Gasteiger partial charge in [-0.05, 0) is 63.6 Å². The first-order valence-corrected chi connectivity index (χ1v) is 9.38. The van der Waals surface area contributed by atoms with E-state index in [2.05, 4.69) is 24.0 Å². The van der Waals surface area contributed by atoms with Crippen LogP contribution < -0.4 is 0 Å². The summed E-state index contributed by atoms with van der Waals surface area (Å²) in [5.41, 5.74) is 1.08. The molecule has 1 aromatic carbocycles. The van der Waals surface area contributed by atoms with E-state index in [1.54, 1.807) is 0 Å². The molecule has 3 atom stereocenters. The van der Waals surface area contributed by atoms with E-state index in [4.69, 9.17) is 4.74 Å². The Morgan fingerprint density at radius 1 is 1.25 bits per heavy atom. The molecule has 0 N–H and O–H groups in total. The van der Waals surface area contributed by atoms with Crippen LogP contribution in [0.15, 0.2) is 42.5 Å². The average Bonchev–Trinajstić information content (AvgIpc) is 3.30. The number of likely N-dealkylation sites (tertiary alicyclic amines) is 1. The molecule has 1 aliphatic heterocycles. The predicted octanol–water partition coefficient (Wildman–Crippen LogP) is 4.15. The highest BCUT2D eigenvalue weighted by atomic mass is 16.5. The lowest BCUT2D eigenvalue weighted by molar-refractivity contribution is -0.146. The number of ether oxygens (including phenoxy) is 1. The number of rotatable bonds is 7. The van der Waals surface area contributed by atoms with Crippen molar-refractivity contribution >= 4 is 5.97 Å². The van der Waals surface area contributed by atoms with Gasteiger partial charge in [-0.2, -0.15) is 0 Å². The van der Waals surface area contributed by atoms with Crippen molar-refractivity contribution in [1.82, 2.24) is 4.90 Å². The summed E-state index contributed by atoms with van der Waals surface area (Å²) in [4.78, 5) is 15.3. The van der Waals surface area contributed by atoms with Crippen LogP contribution in [0.5, 0.6) is 0 Å². The number of nitrogens with zero attached hydrogens (tertiary/aromatic N) is 1. The minimum Gasteiger partial charge on any atom is -0.465 e. The summed E-state index contributed by atoms with van der Waals surface area (Å²) in [6, 6.07) is 10.6. The molecule has 24 heavy (non-hydrogen) atoms. The van der Waals surface area contributed by atoms with Crippen LogP contribution in [-0.2, 0) is 9.53 Å². The molecule has 1 aromatic rings. The Morgan fingerprint density at radius 3 is 2.67 bits per heavy atom. The Labute approximate surface area is 145 Å². The monoisotopic (exact) mass is 327 g/mol. The lowest BCUT2D eigenvalue weighted by Crippen LogP contribution is -2.32. The summed E-state index contributed by atoms with van der Waals surface area (Å²) >= 11 is 0. The van der Waals surface area contributed by atoms with E-state index in [1.807, 2.05) is 30.3 Å². The summed E-state index contributed by atoms with van der Waals surface area (Å²) < 4.78 is 5.70. The first-order chi connectivity index (χ1) is 11.8. The van der Waals surface area contributed by atoms with Gasteiger partial charge in [0.05, 0.1) is 12.5 Å². The fourth-order valence-corrected chi connectivity index (χ4v) is 3.94. The fraction of sp³-hybridized carbons (Fsp3) is 0.571. The molecule has 0 spiro atoms. The topological polar surface area (TPSA) is 29.5 Å². The molecule has 0 radical (unpaired) electrons. The number of benzene rings is 1. The lowest BCUT2D eigenvalue weighted by atomic mass is 9.85. The van der Waals surface area contributed by atoms with Gasteiger partial charge in [-0.1, -0.05) is 42.5 Å². The summed E-state index contributed by atoms with van der Waals surface area (Å²) in [7, 11) is 0. The van der Waals surface area contributed by atoms with Crippen molar-refractivity contribution in [2.75, 3.05) is 19.7 Å². The van der Waals surface area contributed by atoms with Crippen LogP contribution in [-0.4, -0.2) is 36.6 Å². The van der Waals surface area contributed by atoms with Crippen molar-refractivity contribution in [2.45, 2.75) is 51.0 Å². The van der Waals surface area contributed by atoms with E-state index in [0.29, 0.717) is 12.6 Å². The third kappa shape index (κ3) is 4.27. The molecule has 0 bridgehead atoms. The van der Waals surface area contributed by atoms with Gasteiger partial charge in [0.1, 0.15) is 0 Å². The maximum atomic E-state index is 12.8. The van der Waals surface area contributed by atoms with Crippen molar-refractivity contribution < 1.29 is 9.53 Å². The molecule has 1 fully saturated rings. The summed E-state index contributed by atoms with van der Waals surface area (Å²) in [6.07, 6.45) is 10.00. The van der Waals surface area contributed by atoms with Gasteiger partial charge in [-0.15, -0.1) is 0 Å². The van der Waals surface area contributed by atoms with Crippen LogP contribution in [0.4, 0.5) is 0 Å². The van der Waals surface area contributed by atoms with E-state index in [9.17, 15) is 4.79 Å². The van der Waals surface area contributed by atoms with Gasteiger partial charge in [0.15, 0.2) is 0 Å². The smallest absolute Gasteiger partial charge is 0.314 e. The van der Waals surface area contributed by atoms with Gasteiger partial charge in [-0.25, -0.2) is 0 Å². The van der Waals surface area contributed by atoms with Gasteiger partial charge < -0.3 is 9.64 Å². The molecule has 130 valence electrons. The summed E-state index contributed by atoms with van der Waals surface area (Å²) in [5.74, 6) is 0.0503. The minimum atomic E-state index is -0.160. The number of hydrogen-bond acceptors (Lipinski definition) is 3. The zero-order chi connectivity index (χ0) is 16.8. The fourth-order valence-electron chi connectivity index (χ4n) is 3.94. The van der Waals surface area contributed by atoms with E-state index in [1.165, 1.54) is 25.9 Å². The van der Waals surface area contributed by atoms with Gasteiger partial charge >= 0.3 is 5.97 Å². The van der Waals surface area contributed by atoms with Gasteiger partial charge in [0.2, 0.25) is 0 Å². The molecule has 3 unspecified atom stereocenters. The molecule has 1 heterocycles. The highest BCUT2D eigenvalue weighted by Gasteiger charge is 2.31. The third-order valence-corrected chi connectivity index (χ3v) is 5.43. The van der Waals surface area contributed by atoms with Crippen molar-refractivity contribution in [3.63, 3.8) is 0 Å². The van der Waals surface area contributed by atoms with Crippen LogP contribution in [0, 0.1) is 5.92 Å². The minimum absolute atomic E-state index is 0.0635. The number of carbonyl (C=O) groups excluding carboxylic acids is 1. The summed E-state index contributed by atoms with van der Waals surface area (Å²) in [5, 5.41) is 0. The van der Waals surface area contributed by atoms with Gasteiger partial charge in [-0.3, -0.25) is 4.79 Å². The van der Waals surface area contributed by atoms with Crippen molar-refractivity contribution in [2.24, 2.45) is 5.92 Å². The zero-order valence-corrected chi connectivity index (χ0v) is 14.7. The molecule has 1 saturated heterocycles. The molecule has 0 aromatic heterocycles. The van der Waals surface area contributed by atoms with Crippen LogP contribution in [0.2, 0.25) is 0 Å². The van der Waals surface area contributed by atoms with Crippen molar-refractivity contribution in [3.8, 4) is 0 Å². The van der Waals surface area contributed by atoms with E-state index in [-0.39, 0.29) is 17.8 Å². The van der Waals surface area contributed by atoms with Gasteiger partial charge in [0, 0.05) is 6.04 Å². The SMILES string of the molecule is CC(CCOC(=O)C(c1ccccc1)C1C=CCC1)N1CCCC1. The zero-order valence-electron chi connectivity index (χ0n) is 14.7. The highest BCUT2D eigenvalue weighted by molar-refractivity contribution is 5.79. The van der Waals surface area contributed by atoms with E-state index >= 15 is 0 Å². The molecular weight excluding hydrogens is 298 g/mol. The quantitative estimate of drug-likeness (QED) is 0.556. The number of allylic oxidation sites excluding steroid dienone is 2.